The number of nitrogens with zero attached hydrogens (tertiary/aromatic N) is 1. The lowest BCUT2D eigenvalue weighted by atomic mass is 9.77. The molecule has 0 bridgehead atoms. The van der Waals surface area contributed by atoms with Crippen molar-refractivity contribution in [2.75, 3.05) is 0 Å². The highest BCUT2D eigenvalue weighted by Gasteiger charge is 2.21. The fourth-order valence-corrected chi connectivity index (χ4v) is 3.80. The van der Waals surface area contributed by atoms with Crippen LogP contribution in [0.5, 0.6) is 0 Å². The van der Waals surface area contributed by atoms with Gasteiger partial charge < -0.3 is 0 Å². The van der Waals surface area contributed by atoms with Gasteiger partial charge >= 0.3 is 0 Å². The molecule has 0 N–H and O–H groups in total. The van der Waals surface area contributed by atoms with Crippen molar-refractivity contribution in [1.82, 2.24) is 4.98 Å². The Hall–Kier alpha value is -1.34. The van der Waals surface area contributed by atoms with Crippen molar-refractivity contribution in [2.45, 2.75) is 51.4 Å². The van der Waals surface area contributed by atoms with Crippen LogP contribution in [-0.4, -0.2) is 4.98 Å². The predicted octanol–water partition coefficient (Wildman–Crippen LogP) is 6.48. The molecule has 0 atom stereocenters. The fourth-order valence-electron chi connectivity index (χ4n) is 3.69. The van der Waals surface area contributed by atoms with Crippen LogP contribution in [0.15, 0.2) is 42.6 Å². The summed E-state index contributed by atoms with van der Waals surface area (Å²) in [5, 5.41) is 0.546. The third kappa shape index (κ3) is 3.70. The van der Waals surface area contributed by atoms with Gasteiger partial charge in [0.2, 0.25) is 0 Å². The Balaban J connectivity index is 1.66. The van der Waals surface area contributed by atoms with Gasteiger partial charge in [0, 0.05) is 11.8 Å². The number of hydrogen-bond acceptors (Lipinski definition) is 1. The average molecular weight is 314 g/mol. The van der Waals surface area contributed by atoms with Crippen molar-refractivity contribution in [3.05, 3.63) is 53.3 Å². The third-order valence-electron chi connectivity index (χ3n) is 4.99. The lowest BCUT2D eigenvalue weighted by Crippen LogP contribution is -2.13. The highest BCUT2D eigenvalue weighted by molar-refractivity contribution is 6.29. The molecule has 0 spiro atoms. The van der Waals surface area contributed by atoms with E-state index >= 15 is 0 Å². The minimum absolute atomic E-state index is 0.546. The van der Waals surface area contributed by atoms with E-state index in [2.05, 4.69) is 36.2 Å². The predicted molar refractivity (Wildman–Crippen MR) is 94.3 cm³/mol. The zero-order valence-corrected chi connectivity index (χ0v) is 14.0. The van der Waals surface area contributed by atoms with E-state index in [0.717, 1.165) is 17.4 Å². The van der Waals surface area contributed by atoms with Crippen molar-refractivity contribution in [3.8, 4) is 11.1 Å². The van der Waals surface area contributed by atoms with Crippen molar-refractivity contribution in [2.24, 2.45) is 5.92 Å². The van der Waals surface area contributed by atoms with Crippen LogP contribution in [0.25, 0.3) is 11.1 Å². The Morgan fingerprint density at radius 3 is 2.23 bits per heavy atom. The first kappa shape index (κ1) is 15.6. The van der Waals surface area contributed by atoms with Gasteiger partial charge in [0.15, 0.2) is 0 Å². The van der Waals surface area contributed by atoms with Gasteiger partial charge in [-0.2, -0.15) is 0 Å². The fraction of sp³-hybridized carbons (Fsp3) is 0.450. The number of benzene rings is 1. The van der Waals surface area contributed by atoms with E-state index < -0.39 is 0 Å². The van der Waals surface area contributed by atoms with Crippen LogP contribution >= 0.6 is 11.6 Å². The molecule has 1 aromatic carbocycles. The smallest absolute Gasteiger partial charge is 0.129 e. The number of halogens is 1. The highest BCUT2D eigenvalue weighted by Crippen LogP contribution is 2.37. The highest BCUT2D eigenvalue weighted by atomic mass is 35.5. The molecule has 0 saturated heterocycles. The number of hydrogen-bond donors (Lipinski definition) is 0. The summed E-state index contributed by atoms with van der Waals surface area (Å²) in [6.45, 7) is 2.30. The maximum absolute atomic E-state index is 5.85. The van der Waals surface area contributed by atoms with Gasteiger partial charge in [-0.15, -0.1) is 0 Å². The quantitative estimate of drug-likeness (QED) is 0.589. The first-order chi connectivity index (χ1) is 10.8. The summed E-state index contributed by atoms with van der Waals surface area (Å²) in [7, 11) is 0. The van der Waals surface area contributed by atoms with E-state index in [9.17, 15) is 0 Å². The van der Waals surface area contributed by atoms with Crippen molar-refractivity contribution in [3.63, 3.8) is 0 Å². The van der Waals surface area contributed by atoms with Gasteiger partial charge in [0.05, 0.1) is 0 Å². The molecule has 1 aliphatic carbocycles. The monoisotopic (exact) mass is 313 g/mol. The number of rotatable bonds is 4. The molecule has 1 fully saturated rings. The van der Waals surface area contributed by atoms with Crippen molar-refractivity contribution < 1.29 is 0 Å². The molecule has 2 heteroatoms. The average Bonchev–Trinajstić information content (AvgIpc) is 2.57. The molecule has 0 aliphatic heterocycles. The van der Waals surface area contributed by atoms with Gasteiger partial charge in [-0.1, -0.05) is 55.6 Å². The molecule has 1 saturated carbocycles. The topological polar surface area (TPSA) is 12.9 Å². The molecular formula is C20H24ClN. The van der Waals surface area contributed by atoms with E-state index in [0.29, 0.717) is 5.15 Å². The summed E-state index contributed by atoms with van der Waals surface area (Å²) in [5.74, 6) is 1.73. The van der Waals surface area contributed by atoms with Gasteiger partial charge in [0.25, 0.3) is 0 Å². The summed E-state index contributed by atoms with van der Waals surface area (Å²) in [5.41, 5.74) is 3.84. The molecule has 1 nitrogen and oxygen atoms in total. The van der Waals surface area contributed by atoms with Crippen LogP contribution in [0.3, 0.4) is 0 Å². The lowest BCUT2D eigenvalue weighted by Gasteiger charge is -2.28. The van der Waals surface area contributed by atoms with Crippen LogP contribution in [0.2, 0.25) is 5.15 Å². The lowest BCUT2D eigenvalue weighted by molar-refractivity contribution is 0.308. The minimum Gasteiger partial charge on any atom is -0.244 e. The first-order valence-corrected chi connectivity index (χ1v) is 8.86. The van der Waals surface area contributed by atoms with E-state index in [-0.39, 0.29) is 0 Å². The Morgan fingerprint density at radius 1 is 0.955 bits per heavy atom. The maximum atomic E-state index is 5.85. The molecule has 0 unspecified atom stereocenters. The SMILES string of the molecule is CCCC1CCC(c2ccc(-c3ccc(Cl)nc3)cc2)CC1. The van der Waals surface area contributed by atoms with E-state index in [1.54, 1.807) is 0 Å². The molecular weight excluding hydrogens is 290 g/mol. The van der Waals surface area contributed by atoms with E-state index in [1.807, 2.05) is 18.3 Å². The summed E-state index contributed by atoms with van der Waals surface area (Å²) >= 11 is 5.85. The number of aromatic nitrogens is 1. The molecule has 1 heterocycles. The molecule has 2 aromatic rings. The van der Waals surface area contributed by atoms with Crippen molar-refractivity contribution >= 4 is 11.6 Å². The second-order valence-corrected chi connectivity index (χ2v) is 6.89. The molecule has 0 amide bonds. The number of pyridine rings is 1. The molecule has 1 aromatic heterocycles. The largest absolute Gasteiger partial charge is 0.244 e. The van der Waals surface area contributed by atoms with E-state index in [4.69, 9.17) is 11.6 Å². The second-order valence-electron chi connectivity index (χ2n) is 6.50. The second kappa shape index (κ2) is 7.28. The zero-order chi connectivity index (χ0) is 15.4. The molecule has 116 valence electrons. The summed E-state index contributed by atoms with van der Waals surface area (Å²) in [6.07, 6.45) is 10.1. The standard InChI is InChI=1S/C20H24ClN/c1-2-3-15-4-6-16(7-5-15)17-8-10-18(11-9-17)19-12-13-20(21)22-14-19/h8-16H,2-7H2,1H3. The van der Waals surface area contributed by atoms with Gasteiger partial charge in [-0.3, -0.25) is 0 Å². The summed E-state index contributed by atoms with van der Waals surface area (Å²) in [4.78, 5) is 4.16. The Labute approximate surface area is 138 Å². The minimum atomic E-state index is 0.546. The molecule has 22 heavy (non-hydrogen) atoms. The summed E-state index contributed by atoms with van der Waals surface area (Å²) in [6, 6.07) is 12.9. The van der Waals surface area contributed by atoms with Crippen LogP contribution in [0, 0.1) is 5.92 Å². The van der Waals surface area contributed by atoms with Gasteiger partial charge in [-0.25, -0.2) is 4.98 Å². The van der Waals surface area contributed by atoms with Gasteiger partial charge in [0.1, 0.15) is 5.15 Å². The summed E-state index contributed by atoms with van der Waals surface area (Å²) < 4.78 is 0. The van der Waals surface area contributed by atoms with Crippen LogP contribution < -0.4 is 0 Å². The van der Waals surface area contributed by atoms with Crippen LogP contribution in [-0.2, 0) is 0 Å². The maximum Gasteiger partial charge on any atom is 0.129 e. The van der Waals surface area contributed by atoms with E-state index in [1.165, 1.54) is 49.7 Å². The zero-order valence-electron chi connectivity index (χ0n) is 13.3. The molecule has 3 rings (SSSR count). The van der Waals surface area contributed by atoms with Crippen LogP contribution in [0.4, 0.5) is 0 Å². The van der Waals surface area contributed by atoms with Crippen molar-refractivity contribution in [1.29, 1.82) is 0 Å². The first-order valence-electron chi connectivity index (χ1n) is 8.48. The van der Waals surface area contributed by atoms with Gasteiger partial charge in [-0.05, 0) is 60.8 Å². The molecule has 0 radical (unpaired) electrons. The Kier molecular flexibility index (Phi) is 5.15. The van der Waals surface area contributed by atoms with Crippen LogP contribution in [0.1, 0.15) is 56.9 Å². The Bertz CT molecular complexity index is 580. The molecule has 1 aliphatic rings. The third-order valence-corrected chi connectivity index (χ3v) is 5.21. The Morgan fingerprint density at radius 2 is 1.64 bits per heavy atom. The normalized spacial score (nSPS) is 21.7.